The zero-order valence-corrected chi connectivity index (χ0v) is 25.3. The zero-order chi connectivity index (χ0) is 28.9. The van der Waals surface area contributed by atoms with Crippen LogP contribution in [0.4, 0.5) is 0 Å². The molecule has 0 bridgehead atoms. The van der Waals surface area contributed by atoms with Crippen molar-refractivity contribution in [1.82, 2.24) is 29.8 Å². The molecule has 1 aliphatic carbocycles. The maximum absolute atomic E-state index is 13.5. The second-order valence-electron chi connectivity index (χ2n) is 11.2. The summed E-state index contributed by atoms with van der Waals surface area (Å²) in [6.07, 6.45) is 3.86. The van der Waals surface area contributed by atoms with Crippen LogP contribution in [0.3, 0.4) is 0 Å². The molecule has 3 heterocycles. The molecular weight excluding hydrogens is 574 g/mol. The van der Waals surface area contributed by atoms with Gasteiger partial charge in [-0.05, 0) is 50.5 Å². The molecule has 2 aromatic heterocycles. The van der Waals surface area contributed by atoms with Crippen molar-refractivity contribution in [3.8, 4) is 11.3 Å². The molecule has 10 nitrogen and oxygen atoms in total. The average molecular weight is 608 g/mol. The number of carbonyl (C=O) groups excluding carboxylic acids is 2. The van der Waals surface area contributed by atoms with Gasteiger partial charge in [0.1, 0.15) is 0 Å². The predicted molar refractivity (Wildman–Crippen MR) is 166 cm³/mol. The van der Waals surface area contributed by atoms with E-state index in [1.807, 2.05) is 37.3 Å². The molecule has 6 rings (SSSR count). The summed E-state index contributed by atoms with van der Waals surface area (Å²) in [5.41, 5.74) is 8.23. The van der Waals surface area contributed by atoms with Crippen molar-refractivity contribution in [2.75, 3.05) is 26.2 Å². The second-order valence-corrected chi connectivity index (χ2v) is 11.6. The molecule has 2 amide bonds. The molecule has 12 heteroatoms. The third-order valence-corrected chi connectivity index (χ3v) is 8.35. The highest BCUT2D eigenvalue weighted by molar-refractivity contribution is 7.59. The van der Waals surface area contributed by atoms with Gasteiger partial charge in [0.15, 0.2) is 5.69 Å². The first-order chi connectivity index (χ1) is 19.6. The van der Waals surface area contributed by atoms with Crippen LogP contribution < -0.4 is 5.73 Å². The lowest BCUT2D eigenvalue weighted by Crippen LogP contribution is -2.55. The molecule has 2 aliphatic rings. The average Bonchev–Trinajstić information content (AvgIpc) is 3.72. The summed E-state index contributed by atoms with van der Waals surface area (Å²) in [6.45, 7) is 4.96. The van der Waals surface area contributed by atoms with Crippen LogP contribution in [-0.4, -0.2) is 78.9 Å². The summed E-state index contributed by atoms with van der Waals surface area (Å²) in [5.74, 6) is -0.282. The topological polar surface area (TPSA) is 130 Å². The molecular formula is C30H34ClN7O3S. The lowest BCUT2D eigenvalue weighted by atomic mass is 9.94. The first-order valence-electron chi connectivity index (χ1n) is 13.8. The van der Waals surface area contributed by atoms with E-state index in [1.165, 1.54) is 0 Å². The van der Waals surface area contributed by atoms with Crippen LogP contribution in [0, 0.1) is 0 Å². The number of halogens is 1. The number of benzene rings is 2. The van der Waals surface area contributed by atoms with Crippen LogP contribution in [0.15, 0.2) is 54.7 Å². The second kappa shape index (κ2) is 11.6. The lowest BCUT2D eigenvalue weighted by molar-refractivity contribution is 0.0411. The van der Waals surface area contributed by atoms with Gasteiger partial charge < -0.3 is 20.6 Å². The predicted octanol–water partition coefficient (Wildman–Crippen LogP) is 3.75. The third-order valence-electron chi connectivity index (χ3n) is 8.03. The van der Waals surface area contributed by atoms with Gasteiger partial charge in [-0.25, -0.2) is 9.67 Å². The van der Waals surface area contributed by atoms with Gasteiger partial charge in [-0.3, -0.25) is 9.59 Å². The Morgan fingerprint density at radius 2 is 1.83 bits per heavy atom. The molecule has 1 aliphatic heterocycles. The molecule has 0 radical (unpaired) electrons. The highest BCUT2D eigenvalue weighted by atomic mass is 35.5. The molecule has 4 aromatic rings. The number of carbonyl (C=O) groups is 2. The van der Waals surface area contributed by atoms with Crippen molar-refractivity contribution in [3.05, 3.63) is 76.6 Å². The SMILES string of the molecule is C[C@H]1CN(C(=O)c2ccc3c(Cl)cc(-c4ccc(C(C)(O)CN)cc4)nc3c2)CCN1C(=O)c1cn(C2CC2)nn1.S. The Morgan fingerprint density at radius 1 is 1.10 bits per heavy atom. The Balaban J connectivity index is 0.00000353. The van der Waals surface area contributed by atoms with E-state index in [-0.39, 0.29) is 37.9 Å². The largest absolute Gasteiger partial charge is 0.384 e. The summed E-state index contributed by atoms with van der Waals surface area (Å²) in [4.78, 5) is 34.9. The molecule has 3 N–H and O–H groups in total. The van der Waals surface area contributed by atoms with Crippen LogP contribution in [0.5, 0.6) is 0 Å². The molecule has 2 atom stereocenters. The van der Waals surface area contributed by atoms with Gasteiger partial charge in [0.25, 0.3) is 11.8 Å². The van der Waals surface area contributed by atoms with Crippen molar-refractivity contribution < 1.29 is 14.7 Å². The number of hydrogen-bond acceptors (Lipinski definition) is 7. The van der Waals surface area contributed by atoms with E-state index in [1.54, 1.807) is 45.8 Å². The van der Waals surface area contributed by atoms with Gasteiger partial charge >= 0.3 is 0 Å². The van der Waals surface area contributed by atoms with E-state index in [0.717, 1.165) is 23.8 Å². The van der Waals surface area contributed by atoms with Gasteiger partial charge in [0.2, 0.25) is 0 Å². The van der Waals surface area contributed by atoms with E-state index < -0.39 is 5.60 Å². The highest BCUT2D eigenvalue weighted by Crippen LogP contribution is 2.34. The van der Waals surface area contributed by atoms with E-state index in [9.17, 15) is 14.7 Å². The van der Waals surface area contributed by atoms with E-state index in [0.29, 0.717) is 58.7 Å². The maximum Gasteiger partial charge on any atom is 0.276 e. The monoisotopic (exact) mass is 607 g/mol. The van der Waals surface area contributed by atoms with E-state index >= 15 is 0 Å². The molecule has 220 valence electrons. The van der Waals surface area contributed by atoms with Gasteiger partial charge in [0.05, 0.1) is 34.1 Å². The number of pyridine rings is 1. The lowest BCUT2D eigenvalue weighted by Gasteiger charge is -2.39. The van der Waals surface area contributed by atoms with Crippen molar-refractivity contribution >= 4 is 47.8 Å². The normalized spacial score (nSPS) is 18.5. The van der Waals surface area contributed by atoms with Crippen LogP contribution >= 0.6 is 25.1 Å². The summed E-state index contributed by atoms with van der Waals surface area (Å²) in [5, 5.41) is 19.9. The number of amides is 2. The standard InChI is InChI=1S/C30H32ClN7O3.H2S/c1-18-15-36(11-12-37(18)29(40)27-16-38(35-34-27)22-8-9-22)28(39)20-5-10-23-24(31)14-25(33-26(23)13-20)19-3-6-21(7-4-19)30(2,41)17-32;/h3-7,10,13-14,16,18,22,41H,8-9,11-12,15,17,32H2,1-2H3;1H2/t18-,30?;/m0./s1. The Labute approximate surface area is 255 Å². The van der Waals surface area contributed by atoms with Gasteiger partial charge in [-0.15, -0.1) is 5.10 Å². The summed E-state index contributed by atoms with van der Waals surface area (Å²) in [7, 11) is 0. The molecule has 0 spiro atoms. The third kappa shape index (κ3) is 5.74. The van der Waals surface area contributed by atoms with Gasteiger partial charge in [-0.1, -0.05) is 47.1 Å². The van der Waals surface area contributed by atoms with Gasteiger partial charge in [0, 0.05) is 48.7 Å². The van der Waals surface area contributed by atoms with Crippen molar-refractivity contribution in [2.24, 2.45) is 5.73 Å². The van der Waals surface area contributed by atoms with E-state index in [2.05, 4.69) is 10.3 Å². The Morgan fingerprint density at radius 3 is 2.50 bits per heavy atom. The minimum absolute atomic E-state index is 0. The van der Waals surface area contributed by atoms with Crippen LogP contribution in [0.1, 0.15) is 59.1 Å². The highest BCUT2D eigenvalue weighted by Gasteiger charge is 2.33. The Hall–Kier alpha value is -3.51. The van der Waals surface area contributed by atoms with E-state index in [4.69, 9.17) is 22.3 Å². The zero-order valence-electron chi connectivity index (χ0n) is 23.5. The number of piperazine rings is 1. The van der Waals surface area contributed by atoms with Gasteiger partial charge in [-0.2, -0.15) is 13.5 Å². The van der Waals surface area contributed by atoms with Crippen LogP contribution in [0.2, 0.25) is 5.02 Å². The Kier molecular flexibility index (Phi) is 8.30. The molecule has 2 aromatic carbocycles. The quantitative estimate of drug-likeness (QED) is 0.341. The fourth-order valence-corrected chi connectivity index (χ4v) is 5.51. The number of aromatic nitrogens is 4. The molecule has 1 saturated heterocycles. The summed E-state index contributed by atoms with van der Waals surface area (Å²) in [6, 6.07) is 14.7. The first-order valence-corrected chi connectivity index (χ1v) is 14.2. The number of aliphatic hydroxyl groups is 1. The number of fused-ring (bicyclic) bond motifs is 1. The van der Waals surface area contributed by atoms with Crippen LogP contribution in [0.25, 0.3) is 22.2 Å². The fraction of sp³-hybridized carbons (Fsp3) is 0.367. The molecule has 1 saturated carbocycles. The maximum atomic E-state index is 13.5. The van der Waals surface area contributed by atoms with Crippen LogP contribution in [-0.2, 0) is 5.60 Å². The summed E-state index contributed by atoms with van der Waals surface area (Å²) < 4.78 is 1.77. The summed E-state index contributed by atoms with van der Waals surface area (Å²) >= 11 is 6.62. The number of nitrogens with two attached hydrogens (primary N) is 1. The Bertz CT molecular complexity index is 1640. The molecule has 2 fully saturated rings. The number of rotatable bonds is 6. The number of nitrogens with zero attached hydrogens (tertiary/aromatic N) is 6. The molecule has 1 unspecified atom stereocenters. The minimum atomic E-state index is -1.12. The van der Waals surface area contributed by atoms with Crippen molar-refractivity contribution in [3.63, 3.8) is 0 Å². The smallest absolute Gasteiger partial charge is 0.276 e. The van der Waals surface area contributed by atoms with Crippen molar-refractivity contribution in [1.29, 1.82) is 0 Å². The fourth-order valence-electron chi connectivity index (χ4n) is 5.25. The van der Waals surface area contributed by atoms with Crippen molar-refractivity contribution in [2.45, 2.75) is 44.4 Å². The first kappa shape index (κ1) is 30.0. The molecule has 42 heavy (non-hydrogen) atoms. The minimum Gasteiger partial charge on any atom is -0.384 e. The number of hydrogen-bond donors (Lipinski definition) is 2.